The Balaban J connectivity index is 1.53. The fourth-order valence-electron chi connectivity index (χ4n) is 1.92. The number of aromatic nitrogens is 3. The predicted molar refractivity (Wildman–Crippen MR) is 64.8 cm³/mol. The Bertz CT molecular complexity index is 321. The van der Waals surface area contributed by atoms with Gasteiger partial charge in [-0.1, -0.05) is 0 Å². The summed E-state index contributed by atoms with van der Waals surface area (Å²) in [7, 11) is 1.98. The SMILES string of the molecule is Cn1cnnc1CCNCCN1CCOCC1. The minimum atomic E-state index is 0.874. The summed E-state index contributed by atoms with van der Waals surface area (Å²) < 4.78 is 7.27. The summed E-state index contributed by atoms with van der Waals surface area (Å²) in [4.78, 5) is 2.43. The normalized spacial score (nSPS) is 17.5. The van der Waals surface area contributed by atoms with E-state index in [1.165, 1.54) is 0 Å². The van der Waals surface area contributed by atoms with Gasteiger partial charge in [0.05, 0.1) is 13.2 Å². The van der Waals surface area contributed by atoms with Crippen LogP contribution in [0, 0.1) is 0 Å². The van der Waals surface area contributed by atoms with Crippen molar-refractivity contribution in [1.82, 2.24) is 25.0 Å². The molecule has 0 atom stereocenters. The van der Waals surface area contributed by atoms with Gasteiger partial charge in [0, 0.05) is 46.2 Å². The van der Waals surface area contributed by atoms with E-state index in [1.807, 2.05) is 11.6 Å². The van der Waals surface area contributed by atoms with Crippen molar-refractivity contribution in [3.05, 3.63) is 12.2 Å². The van der Waals surface area contributed by atoms with Gasteiger partial charge in [-0.25, -0.2) is 0 Å². The molecule has 0 unspecified atom stereocenters. The molecular weight excluding hydrogens is 218 g/mol. The van der Waals surface area contributed by atoms with Crippen LogP contribution in [0.4, 0.5) is 0 Å². The van der Waals surface area contributed by atoms with Crippen LogP contribution in [-0.2, 0) is 18.2 Å². The van der Waals surface area contributed by atoms with Crippen LogP contribution in [0.15, 0.2) is 6.33 Å². The molecule has 0 spiro atoms. The van der Waals surface area contributed by atoms with E-state index in [0.717, 1.165) is 58.2 Å². The molecule has 1 aliphatic rings. The summed E-state index contributed by atoms with van der Waals surface area (Å²) in [5.74, 6) is 1.03. The third-order valence-electron chi connectivity index (χ3n) is 3.04. The first kappa shape index (κ1) is 12.5. The van der Waals surface area contributed by atoms with E-state index in [1.54, 1.807) is 6.33 Å². The summed E-state index contributed by atoms with van der Waals surface area (Å²) in [5.41, 5.74) is 0. The van der Waals surface area contributed by atoms with E-state index in [4.69, 9.17) is 4.74 Å². The number of ether oxygens (including phenoxy) is 1. The molecule has 1 aromatic heterocycles. The summed E-state index contributed by atoms with van der Waals surface area (Å²) in [6, 6.07) is 0. The Morgan fingerprint density at radius 3 is 2.88 bits per heavy atom. The van der Waals surface area contributed by atoms with Gasteiger partial charge >= 0.3 is 0 Å². The average Bonchev–Trinajstić information content (AvgIpc) is 2.76. The van der Waals surface area contributed by atoms with E-state index in [2.05, 4.69) is 20.4 Å². The van der Waals surface area contributed by atoms with Crippen molar-refractivity contribution in [2.45, 2.75) is 6.42 Å². The van der Waals surface area contributed by atoms with Crippen LogP contribution in [0.5, 0.6) is 0 Å². The van der Waals surface area contributed by atoms with Crippen molar-refractivity contribution < 1.29 is 4.74 Å². The highest BCUT2D eigenvalue weighted by Crippen LogP contribution is 1.95. The number of nitrogens with zero attached hydrogens (tertiary/aromatic N) is 4. The lowest BCUT2D eigenvalue weighted by molar-refractivity contribution is 0.0384. The maximum Gasteiger partial charge on any atom is 0.133 e. The standard InChI is InChI=1S/C11H21N5O/c1-15-10-13-14-11(15)2-3-12-4-5-16-6-8-17-9-7-16/h10,12H,2-9H2,1H3. The smallest absolute Gasteiger partial charge is 0.133 e. The van der Waals surface area contributed by atoms with Crippen molar-refractivity contribution in [1.29, 1.82) is 0 Å². The molecular formula is C11H21N5O. The van der Waals surface area contributed by atoms with Gasteiger partial charge in [0.1, 0.15) is 12.2 Å². The molecule has 1 aromatic rings. The minimum absolute atomic E-state index is 0.874. The maximum absolute atomic E-state index is 5.31. The van der Waals surface area contributed by atoms with Crippen molar-refractivity contribution in [3.63, 3.8) is 0 Å². The monoisotopic (exact) mass is 239 g/mol. The minimum Gasteiger partial charge on any atom is -0.379 e. The van der Waals surface area contributed by atoms with Gasteiger partial charge in [0.25, 0.3) is 0 Å². The zero-order chi connectivity index (χ0) is 11.9. The van der Waals surface area contributed by atoms with Crippen LogP contribution in [-0.4, -0.2) is 65.6 Å². The molecule has 1 fully saturated rings. The Morgan fingerprint density at radius 1 is 1.35 bits per heavy atom. The zero-order valence-corrected chi connectivity index (χ0v) is 10.4. The fourth-order valence-corrected chi connectivity index (χ4v) is 1.92. The van der Waals surface area contributed by atoms with E-state index in [0.29, 0.717) is 0 Å². The van der Waals surface area contributed by atoms with Crippen LogP contribution >= 0.6 is 0 Å². The van der Waals surface area contributed by atoms with Gasteiger partial charge in [0.15, 0.2) is 0 Å². The van der Waals surface area contributed by atoms with E-state index in [-0.39, 0.29) is 0 Å². The van der Waals surface area contributed by atoms with Crippen LogP contribution in [0.1, 0.15) is 5.82 Å². The highest BCUT2D eigenvalue weighted by Gasteiger charge is 2.08. The lowest BCUT2D eigenvalue weighted by Gasteiger charge is -2.26. The molecule has 2 heterocycles. The highest BCUT2D eigenvalue weighted by molar-refractivity contribution is 4.84. The van der Waals surface area contributed by atoms with Gasteiger partial charge in [-0.15, -0.1) is 10.2 Å². The summed E-state index contributed by atoms with van der Waals surface area (Å²) in [6.45, 7) is 6.95. The van der Waals surface area contributed by atoms with E-state index >= 15 is 0 Å². The largest absolute Gasteiger partial charge is 0.379 e. The van der Waals surface area contributed by atoms with Crippen LogP contribution in [0.3, 0.4) is 0 Å². The lowest BCUT2D eigenvalue weighted by atomic mass is 10.3. The van der Waals surface area contributed by atoms with Crippen molar-refractivity contribution in [2.75, 3.05) is 45.9 Å². The van der Waals surface area contributed by atoms with Crippen molar-refractivity contribution in [3.8, 4) is 0 Å². The first-order valence-corrected chi connectivity index (χ1v) is 6.20. The second-order valence-electron chi connectivity index (χ2n) is 4.31. The summed E-state index contributed by atoms with van der Waals surface area (Å²) in [6.07, 6.45) is 2.67. The third-order valence-corrected chi connectivity index (χ3v) is 3.04. The molecule has 0 saturated carbocycles. The number of hydrogen-bond donors (Lipinski definition) is 1. The molecule has 0 bridgehead atoms. The summed E-state index contributed by atoms with van der Waals surface area (Å²) >= 11 is 0. The molecule has 1 aliphatic heterocycles. The van der Waals surface area contributed by atoms with Gasteiger partial charge in [-0.2, -0.15) is 0 Å². The van der Waals surface area contributed by atoms with Gasteiger partial charge in [-0.05, 0) is 0 Å². The number of morpholine rings is 1. The van der Waals surface area contributed by atoms with Crippen LogP contribution < -0.4 is 5.32 Å². The molecule has 0 radical (unpaired) electrons. The average molecular weight is 239 g/mol. The van der Waals surface area contributed by atoms with Gasteiger partial charge < -0.3 is 14.6 Å². The Kier molecular flexibility index (Phi) is 4.90. The summed E-state index contributed by atoms with van der Waals surface area (Å²) in [5, 5.41) is 11.3. The van der Waals surface area contributed by atoms with Gasteiger partial charge in [-0.3, -0.25) is 4.90 Å². The molecule has 1 saturated heterocycles. The van der Waals surface area contributed by atoms with Crippen molar-refractivity contribution >= 4 is 0 Å². The van der Waals surface area contributed by atoms with Crippen molar-refractivity contribution in [2.24, 2.45) is 7.05 Å². The van der Waals surface area contributed by atoms with E-state index in [9.17, 15) is 0 Å². The molecule has 2 rings (SSSR count). The second-order valence-corrected chi connectivity index (χ2v) is 4.31. The molecule has 6 nitrogen and oxygen atoms in total. The topological polar surface area (TPSA) is 55.2 Å². The highest BCUT2D eigenvalue weighted by atomic mass is 16.5. The van der Waals surface area contributed by atoms with Crippen LogP contribution in [0.25, 0.3) is 0 Å². The lowest BCUT2D eigenvalue weighted by Crippen LogP contribution is -2.40. The predicted octanol–water partition coefficient (Wildman–Crippen LogP) is -0.721. The number of aryl methyl sites for hydroxylation is 1. The van der Waals surface area contributed by atoms with Crippen LogP contribution in [0.2, 0.25) is 0 Å². The molecule has 6 heteroatoms. The Hall–Kier alpha value is -0.980. The Labute approximate surface area is 102 Å². The zero-order valence-electron chi connectivity index (χ0n) is 10.4. The van der Waals surface area contributed by atoms with E-state index < -0.39 is 0 Å². The third kappa shape index (κ3) is 4.07. The Morgan fingerprint density at radius 2 is 2.18 bits per heavy atom. The molecule has 0 aliphatic carbocycles. The quantitative estimate of drug-likeness (QED) is 0.664. The molecule has 1 N–H and O–H groups in total. The number of nitrogens with one attached hydrogen (secondary N) is 1. The number of rotatable bonds is 6. The molecule has 96 valence electrons. The second kappa shape index (κ2) is 6.68. The molecule has 17 heavy (non-hydrogen) atoms. The maximum atomic E-state index is 5.31. The fraction of sp³-hybridized carbons (Fsp3) is 0.818. The molecule has 0 aromatic carbocycles. The first-order valence-electron chi connectivity index (χ1n) is 6.20. The van der Waals surface area contributed by atoms with Gasteiger partial charge in [0.2, 0.25) is 0 Å². The molecule has 0 amide bonds. The number of hydrogen-bond acceptors (Lipinski definition) is 5. The first-order chi connectivity index (χ1) is 8.36.